The zero-order chi connectivity index (χ0) is 10.1. The molecule has 0 saturated heterocycles. The first-order chi connectivity index (χ1) is 6.70. The maximum absolute atomic E-state index is 10.6. The van der Waals surface area contributed by atoms with Gasteiger partial charge in [-0.1, -0.05) is 23.8 Å². The van der Waals surface area contributed by atoms with Gasteiger partial charge in [0, 0.05) is 21.5 Å². The van der Waals surface area contributed by atoms with Crippen LogP contribution in [0.25, 0.3) is 10.9 Å². The number of aldehydes is 1. The van der Waals surface area contributed by atoms with Crippen molar-refractivity contribution in [1.29, 1.82) is 0 Å². The number of hydrogen-bond donors (Lipinski definition) is 1. The molecule has 70 valence electrons. The highest BCUT2D eigenvalue weighted by molar-refractivity contribution is 7.71. The Morgan fingerprint density at radius 1 is 1.36 bits per heavy atom. The van der Waals surface area contributed by atoms with Crippen molar-refractivity contribution >= 4 is 41.0 Å². The first-order valence-electron chi connectivity index (χ1n) is 3.98. The number of rotatable bonds is 1. The van der Waals surface area contributed by atoms with Gasteiger partial charge in [0.25, 0.3) is 0 Å². The summed E-state index contributed by atoms with van der Waals surface area (Å²) in [4.78, 5) is 13.6. The van der Waals surface area contributed by atoms with E-state index in [2.05, 4.69) is 4.98 Å². The third-order valence-electron chi connectivity index (χ3n) is 1.96. The molecular formula is C10H6ClNOS. The van der Waals surface area contributed by atoms with Gasteiger partial charge in [-0.05, 0) is 24.3 Å². The van der Waals surface area contributed by atoms with E-state index in [0.29, 0.717) is 15.2 Å². The van der Waals surface area contributed by atoms with E-state index < -0.39 is 0 Å². The van der Waals surface area contributed by atoms with Crippen molar-refractivity contribution in [2.45, 2.75) is 0 Å². The molecular weight excluding hydrogens is 218 g/mol. The molecule has 0 aliphatic heterocycles. The number of benzene rings is 1. The summed E-state index contributed by atoms with van der Waals surface area (Å²) in [6, 6.07) is 7.13. The molecule has 1 heterocycles. The topological polar surface area (TPSA) is 32.9 Å². The van der Waals surface area contributed by atoms with Gasteiger partial charge in [0.05, 0.1) is 0 Å². The second-order valence-corrected chi connectivity index (χ2v) is 3.75. The summed E-state index contributed by atoms with van der Waals surface area (Å²) < 4.78 is 0.454. The fraction of sp³-hybridized carbons (Fsp3) is 0. The van der Waals surface area contributed by atoms with Gasteiger partial charge < -0.3 is 4.98 Å². The molecule has 4 heteroatoms. The Morgan fingerprint density at radius 2 is 2.14 bits per heavy atom. The Bertz CT molecular complexity index is 562. The van der Waals surface area contributed by atoms with E-state index in [4.69, 9.17) is 23.8 Å². The summed E-state index contributed by atoms with van der Waals surface area (Å²) in [5.41, 5.74) is 1.36. The molecule has 0 fully saturated rings. The minimum absolute atomic E-state index is 0.454. The van der Waals surface area contributed by atoms with Crippen molar-refractivity contribution in [3.05, 3.63) is 39.5 Å². The average Bonchev–Trinajstić information content (AvgIpc) is 2.17. The second kappa shape index (κ2) is 3.52. The lowest BCUT2D eigenvalue weighted by Gasteiger charge is -2.00. The molecule has 0 bridgehead atoms. The number of carbonyl (C=O) groups is 1. The van der Waals surface area contributed by atoms with Crippen LogP contribution in [-0.2, 0) is 0 Å². The molecule has 0 saturated carbocycles. The largest absolute Gasteiger partial charge is 0.346 e. The van der Waals surface area contributed by atoms with Crippen LogP contribution in [0.15, 0.2) is 24.3 Å². The SMILES string of the molecule is O=Cc1cc2cc(Cl)ccc2[nH]c1=S. The van der Waals surface area contributed by atoms with Crippen LogP contribution < -0.4 is 0 Å². The van der Waals surface area contributed by atoms with E-state index >= 15 is 0 Å². The Morgan fingerprint density at radius 3 is 2.86 bits per heavy atom. The summed E-state index contributed by atoms with van der Waals surface area (Å²) in [5.74, 6) is 0. The Balaban J connectivity index is 2.86. The molecule has 1 aromatic carbocycles. The van der Waals surface area contributed by atoms with Crippen molar-refractivity contribution in [2.24, 2.45) is 0 Å². The van der Waals surface area contributed by atoms with Crippen molar-refractivity contribution in [3.63, 3.8) is 0 Å². The Kier molecular flexibility index (Phi) is 2.35. The van der Waals surface area contributed by atoms with Gasteiger partial charge in [-0.3, -0.25) is 4.79 Å². The fourth-order valence-corrected chi connectivity index (χ4v) is 1.68. The number of aromatic amines is 1. The van der Waals surface area contributed by atoms with Gasteiger partial charge in [-0.25, -0.2) is 0 Å². The molecule has 1 aromatic heterocycles. The van der Waals surface area contributed by atoms with Crippen LogP contribution in [0.2, 0.25) is 5.02 Å². The van der Waals surface area contributed by atoms with Gasteiger partial charge in [0.2, 0.25) is 0 Å². The number of halogens is 1. The Hall–Kier alpha value is -1.19. The van der Waals surface area contributed by atoms with Crippen LogP contribution in [0, 0.1) is 4.64 Å². The van der Waals surface area contributed by atoms with E-state index in [1.54, 1.807) is 18.2 Å². The smallest absolute Gasteiger partial charge is 0.153 e. The minimum atomic E-state index is 0.454. The molecule has 2 rings (SSSR count). The highest BCUT2D eigenvalue weighted by atomic mass is 35.5. The van der Waals surface area contributed by atoms with Crippen LogP contribution in [-0.4, -0.2) is 11.3 Å². The van der Waals surface area contributed by atoms with Crippen LogP contribution >= 0.6 is 23.8 Å². The molecule has 0 aliphatic rings. The number of fused-ring (bicyclic) bond motifs is 1. The van der Waals surface area contributed by atoms with E-state index in [-0.39, 0.29) is 0 Å². The van der Waals surface area contributed by atoms with Crippen LogP contribution in [0.5, 0.6) is 0 Å². The molecule has 0 unspecified atom stereocenters. The van der Waals surface area contributed by atoms with E-state index in [1.165, 1.54) is 0 Å². The number of hydrogen-bond acceptors (Lipinski definition) is 2. The molecule has 0 amide bonds. The number of nitrogens with one attached hydrogen (secondary N) is 1. The van der Waals surface area contributed by atoms with E-state index in [1.807, 2.05) is 6.07 Å². The summed E-state index contributed by atoms with van der Waals surface area (Å²) in [5, 5.41) is 1.52. The fourth-order valence-electron chi connectivity index (χ4n) is 1.28. The highest BCUT2D eigenvalue weighted by Crippen LogP contribution is 2.18. The predicted octanol–water partition coefficient (Wildman–Crippen LogP) is 3.36. The molecule has 2 nitrogen and oxygen atoms in total. The predicted molar refractivity (Wildman–Crippen MR) is 59.5 cm³/mol. The highest BCUT2D eigenvalue weighted by Gasteiger charge is 1.99. The maximum Gasteiger partial charge on any atom is 0.153 e. The quantitative estimate of drug-likeness (QED) is 0.594. The molecule has 0 aliphatic carbocycles. The lowest BCUT2D eigenvalue weighted by Crippen LogP contribution is -1.87. The summed E-state index contributed by atoms with van der Waals surface area (Å²) >= 11 is 10.8. The zero-order valence-corrected chi connectivity index (χ0v) is 8.65. The van der Waals surface area contributed by atoms with Crippen molar-refractivity contribution in [3.8, 4) is 0 Å². The summed E-state index contributed by atoms with van der Waals surface area (Å²) in [6.45, 7) is 0. The molecule has 0 radical (unpaired) electrons. The maximum atomic E-state index is 10.6. The standard InChI is InChI=1S/C10H6ClNOS/c11-8-1-2-9-6(4-8)3-7(5-13)10(14)12-9/h1-5H,(H,12,14). The molecule has 2 aromatic rings. The minimum Gasteiger partial charge on any atom is -0.346 e. The van der Waals surface area contributed by atoms with Crippen LogP contribution in [0.1, 0.15) is 10.4 Å². The van der Waals surface area contributed by atoms with Gasteiger partial charge in [-0.15, -0.1) is 0 Å². The lowest BCUT2D eigenvalue weighted by atomic mass is 10.2. The molecule has 0 spiro atoms. The van der Waals surface area contributed by atoms with Gasteiger partial charge in [0.1, 0.15) is 4.64 Å². The number of pyridine rings is 1. The van der Waals surface area contributed by atoms with Crippen molar-refractivity contribution < 1.29 is 4.79 Å². The molecule has 1 N–H and O–H groups in total. The summed E-state index contributed by atoms with van der Waals surface area (Å²) in [7, 11) is 0. The summed E-state index contributed by atoms with van der Waals surface area (Å²) in [6.07, 6.45) is 0.735. The Labute approximate surface area is 90.5 Å². The second-order valence-electron chi connectivity index (χ2n) is 2.90. The number of aromatic nitrogens is 1. The number of carbonyl (C=O) groups excluding carboxylic acids is 1. The zero-order valence-electron chi connectivity index (χ0n) is 7.08. The van der Waals surface area contributed by atoms with Gasteiger partial charge in [-0.2, -0.15) is 0 Å². The number of H-pyrrole nitrogens is 1. The average molecular weight is 224 g/mol. The van der Waals surface area contributed by atoms with Crippen LogP contribution in [0.3, 0.4) is 0 Å². The van der Waals surface area contributed by atoms with Gasteiger partial charge >= 0.3 is 0 Å². The first kappa shape index (κ1) is 9.37. The molecule has 14 heavy (non-hydrogen) atoms. The third-order valence-corrected chi connectivity index (χ3v) is 2.53. The van der Waals surface area contributed by atoms with Crippen molar-refractivity contribution in [1.82, 2.24) is 4.98 Å². The van der Waals surface area contributed by atoms with Gasteiger partial charge in [0.15, 0.2) is 6.29 Å². The first-order valence-corrected chi connectivity index (χ1v) is 4.77. The van der Waals surface area contributed by atoms with E-state index in [0.717, 1.165) is 17.2 Å². The van der Waals surface area contributed by atoms with E-state index in [9.17, 15) is 4.79 Å². The molecule has 0 atom stereocenters. The van der Waals surface area contributed by atoms with Crippen molar-refractivity contribution in [2.75, 3.05) is 0 Å². The third kappa shape index (κ3) is 1.56. The lowest BCUT2D eigenvalue weighted by molar-refractivity contribution is 0.112. The van der Waals surface area contributed by atoms with Crippen LogP contribution in [0.4, 0.5) is 0 Å². The monoisotopic (exact) mass is 223 g/mol. The normalized spacial score (nSPS) is 10.4.